The van der Waals surface area contributed by atoms with Crippen molar-refractivity contribution in [2.75, 3.05) is 0 Å². The second kappa shape index (κ2) is 10.3. The Kier molecular flexibility index (Phi) is 6.35. The van der Waals surface area contributed by atoms with Crippen LogP contribution in [-0.2, 0) is 33.7 Å². The van der Waals surface area contributed by atoms with Crippen LogP contribution in [0.5, 0.6) is 0 Å². The smallest absolute Gasteiger partial charge is 0.408 e. The molecule has 0 aliphatic carbocycles. The van der Waals surface area contributed by atoms with Crippen molar-refractivity contribution in [2.24, 2.45) is 4.99 Å². The summed E-state index contributed by atoms with van der Waals surface area (Å²) in [4.78, 5) is 36.8. The van der Waals surface area contributed by atoms with Gasteiger partial charge in [-0.15, -0.1) is 0 Å². The highest BCUT2D eigenvalue weighted by Gasteiger charge is 2.35. The lowest BCUT2D eigenvalue weighted by Gasteiger charge is -2.17. The van der Waals surface area contributed by atoms with Crippen molar-refractivity contribution in [3.8, 4) is 0 Å². The molecule has 38 heavy (non-hydrogen) atoms. The van der Waals surface area contributed by atoms with Crippen LogP contribution in [0.2, 0.25) is 0 Å². The van der Waals surface area contributed by atoms with Crippen molar-refractivity contribution in [1.29, 1.82) is 0 Å². The minimum atomic E-state index is -0.697. The van der Waals surface area contributed by atoms with Crippen LogP contribution in [0.1, 0.15) is 16.7 Å². The van der Waals surface area contributed by atoms with Gasteiger partial charge in [0.2, 0.25) is 5.90 Å². The van der Waals surface area contributed by atoms with E-state index >= 15 is 0 Å². The molecule has 3 aromatic carbocycles. The molecule has 0 spiro atoms. The molecule has 190 valence electrons. The molecule has 6 rings (SSSR count). The molecule has 2 atom stereocenters. The molecule has 3 N–H and O–H groups in total. The van der Waals surface area contributed by atoms with E-state index in [1.165, 1.54) is 0 Å². The van der Waals surface area contributed by atoms with Crippen LogP contribution in [-0.4, -0.2) is 40.0 Å². The van der Waals surface area contributed by atoms with Gasteiger partial charge in [0.05, 0.1) is 0 Å². The third kappa shape index (κ3) is 4.88. The van der Waals surface area contributed by atoms with Gasteiger partial charge >= 0.3 is 12.1 Å². The second-order valence-corrected chi connectivity index (χ2v) is 9.29. The fraction of sp³-hybridized carbons (Fsp3) is 0.167. The average Bonchev–Trinajstić information content (AvgIpc) is 3.65. The van der Waals surface area contributed by atoms with Gasteiger partial charge in [-0.25, -0.2) is 14.6 Å². The Bertz CT molecular complexity index is 1640. The van der Waals surface area contributed by atoms with Gasteiger partial charge in [0.15, 0.2) is 6.04 Å². The van der Waals surface area contributed by atoms with Crippen LogP contribution in [0.15, 0.2) is 96.2 Å². The molecular weight excluding hydrogens is 480 g/mol. The van der Waals surface area contributed by atoms with Crippen molar-refractivity contribution < 1.29 is 19.1 Å². The van der Waals surface area contributed by atoms with E-state index in [0.717, 1.165) is 38.5 Å². The largest absolute Gasteiger partial charge is 0.445 e. The van der Waals surface area contributed by atoms with E-state index in [1.54, 1.807) is 0 Å². The first-order chi connectivity index (χ1) is 18.6. The number of cyclic esters (lactones) is 1. The molecule has 0 radical (unpaired) electrons. The predicted octanol–water partition coefficient (Wildman–Crippen LogP) is 5.05. The van der Waals surface area contributed by atoms with Crippen molar-refractivity contribution in [3.05, 3.63) is 108 Å². The highest BCUT2D eigenvalue weighted by atomic mass is 16.6. The monoisotopic (exact) mass is 506 g/mol. The topological polar surface area (TPSA) is 109 Å². The Hall–Kier alpha value is -4.85. The number of rotatable bonds is 8. The minimum absolute atomic E-state index is 0.127. The zero-order valence-corrected chi connectivity index (χ0v) is 20.5. The summed E-state index contributed by atoms with van der Waals surface area (Å²) in [7, 11) is 0. The number of carbonyl (C=O) groups excluding carboxylic acids is 2. The standard InChI is InChI=1S/C30H26N4O4/c35-29-27(15-21-17-32-25-13-7-5-11-23(21)25)33-28(38-29)26(14-20-16-31-24-12-6-4-10-22(20)24)34-30(36)37-18-19-8-2-1-3-9-19/h1-13,16-17,26-27,31-32H,14-15,18H2,(H,34,36). The summed E-state index contributed by atoms with van der Waals surface area (Å²) in [6.07, 6.45) is 3.95. The lowest BCUT2D eigenvalue weighted by atomic mass is 10.0. The summed E-state index contributed by atoms with van der Waals surface area (Å²) >= 11 is 0. The van der Waals surface area contributed by atoms with Crippen LogP contribution in [0.25, 0.3) is 21.8 Å². The van der Waals surface area contributed by atoms with Crippen molar-refractivity contribution >= 4 is 39.8 Å². The second-order valence-electron chi connectivity index (χ2n) is 9.29. The van der Waals surface area contributed by atoms with Gasteiger partial charge in [-0.05, 0) is 28.8 Å². The summed E-state index contributed by atoms with van der Waals surface area (Å²) < 4.78 is 11.1. The SMILES string of the molecule is O=C(NC(Cc1c[nH]c2ccccc12)C1=NC(Cc2c[nH]c3ccccc23)C(=O)O1)OCc1ccccc1. The zero-order valence-electron chi connectivity index (χ0n) is 20.5. The number of hydrogen-bond acceptors (Lipinski definition) is 5. The number of aromatic amines is 2. The van der Waals surface area contributed by atoms with E-state index < -0.39 is 24.1 Å². The van der Waals surface area contributed by atoms with Crippen LogP contribution >= 0.6 is 0 Å². The molecule has 2 aromatic heterocycles. The van der Waals surface area contributed by atoms with E-state index in [9.17, 15) is 9.59 Å². The summed E-state index contributed by atoms with van der Waals surface area (Å²) in [6, 6.07) is 23.9. The Balaban J connectivity index is 1.24. The zero-order chi connectivity index (χ0) is 25.9. The Morgan fingerprint density at radius 2 is 1.53 bits per heavy atom. The summed E-state index contributed by atoms with van der Waals surface area (Å²) in [5.74, 6) is -0.254. The van der Waals surface area contributed by atoms with Crippen LogP contribution in [0.4, 0.5) is 4.79 Å². The maximum Gasteiger partial charge on any atom is 0.408 e. The molecule has 0 saturated heterocycles. The lowest BCUT2D eigenvalue weighted by Crippen LogP contribution is -2.43. The molecule has 1 amide bonds. The highest BCUT2D eigenvalue weighted by molar-refractivity contribution is 6.01. The number of aliphatic imine (C=N–C) groups is 1. The number of fused-ring (bicyclic) bond motifs is 2. The summed E-state index contributed by atoms with van der Waals surface area (Å²) in [5, 5.41) is 4.94. The van der Waals surface area contributed by atoms with Gasteiger partial charge in [0, 0.05) is 47.0 Å². The highest BCUT2D eigenvalue weighted by Crippen LogP contribution is 2.24. The Labute approximate surface area is 218 Å². The number of benzene rings is 3. The quantitative estimate of drug-likeness (QED) is 0.256. The summed E-state index contributed by atoms with van der Waals surface area (Å²) in [5.41, 5.74) is 4.80. The number of esters is 1. The van der Waals surface area contributed by atoms with Gasteiger partial charge < -0.3 is 24.8 Å². The van der Waals surface area contributed by atoms with Gasteiger partial charge in [0.1, 0.15) is 12.6 Å². The van der Waals surface area contributed by atoms with Gasteiger partial charge in [-0.2, -0.15) is 0 Å². The van der Waals surface area contributed by atoms with Crippen LogP contribution < -0.4 is 5.32 Å². The number of H-pyrrole nitrogens is 2. The molecule has 8 heteroatoms. The Morgan fingerprint density at radius 1 is 0.895 bits per heavy atom. The number of para-hydroxylation sites is 2. The Morgan fingerprint density at radius 3 is 2.26 bits per heavy atom. The first-order valence-corrected chi connectivity index (χ1v) is 12.5. The number of carbonyl (C=O) groups is 2. The van der Waals surface area contributed by atoms with Crippen molar-refractivity contribution in [2.45, 2.75) is 31.5 Å². The van der Waals surface area contributed by atoms with E-state index in [-0.39, 0.29) is 12.5 Å². The fourth-order valence-corrected chi connectivity index (χ4v) is 4.83. The number of amides is 1. The number of nitrogens with one attached hydrogen (secondary N) is 3. The van der Waals surface area contributed by atoms with Crippen molar-refractivity contribution in [1.82, 2.24) is 15.3 Å². The van der Waals surface area contributed by atoms with Gasteiger partial charge in [-0.3, -0.25) is 0 Å². The third-order valence-electron chi connectivity index (χ3n) is 6.75. The number of hydrogen-bond donors (Lipinski definition) is 3. The molecule has 0 fully saturated rings. The molecule has 8 nitrogen and oxygen atoms in total. The number of nitrogens with zero attached hydrogens (tertiary/aromatic N) is 1. The maximum atomic E-state index is 12.9. The van der Waals surface area contributed by atoms with E-state index in [2.05, 4.69) is 20.3 Å². The molecular formula is C30H26N4O4. The predicted molar refractivity (Wildman–Crippen MR) is 145 cm³/mol. The number of ether oxygens (including phenoxy) is 2. The number of aromatic nitrogens is 2. The fourth-order valence-electron chi connectivity index (χ4n) is 4.83. The maximum absolute atomic E-state index is 12.9. The molecule has 5 aromatic rings. The molecule has 2 unspecified atom stereocenters. The van der Waals surface area contributed by atoms with E-state index in [1.807, 2.05) is 91.3 Å². The summed E-state index contributed by atoms with van der Waals surface area (Å²) in [6.45, 7) is 0.127. The van der Waals surface area contributed by atoms with E-state index in [4.69, 9.17) is 9.47 Å². The normalized spacial score (nSPS) is 15.8. The molecule has 0 bridgehead atoms. The average molecular weight is 507 g/mol. The molecule has 3 heterocycles. The van der Waals surface area contributed by atoms with Crippen LogP contribution in [0.3, 0.4) is 0 Å². The van der Waals surface area contributed by atoms with Crippen molar-refractivity contribution in [3.63, 3.8) is 0 Å². The van der Waals surface area contributed by atoms with E-state index in [0.29, 0.717) is 12.8 Å². The van der Waals surface area contributed by atoms with Gasteiger partial charge in [-0.1, -0.05) is 66.7 Å². The third-order valence-corrected chi connectivity index (χ3v) is 6.75. The van der Waals surface area contributed by atoms with Crippen LogP contribution in [0, 0.1) is 0 Å². The molecule has 0 saturated carbocycles. The molecule has 1 aliphatic rings. The minimum Gasteiger partial charge on any atom is -0.445 e. The van der Waals surface area contributed by atoms with Gasteiger partial charge in [0.25, 0.3) is 0 Å². The first kappa shape index (κ1) is 23.5. The molecule has 1 aliphatic heterocycles. The number of alkyl carbamates (subject to hydrolysis) is 1. The first-order valence-electron chi connectivity index (χ1n) is 12.5. The lowest BCUT2D eigenvalue weighted by molar-refractivity contribution is -0.135.